The smallest absolute Gasteiger partial charge is 0.182 e. The summed E-state index contributed by atoms with van der Waals surface area (Å²) in [7, 11) is 0. The van der Waals surface area contributed by atoms with Crippen molar-refractivity contribution < 1.29 is 5.11 Å². The Morgan fingerprint density at radius 2 is 2.40 bits per heavy atom. The molecule has 0 saturated heterocycles. The summed E-state index contributed by atoms with van der Waals surface area (Å²) in [5, 5.41) is 19.6. The van der Waals surface area contributed by atoms with Crippen LogP contribution in [0.15, 0.2) is 18.3 Å². The molecule has 10 heavy (non-hydrogen) atoms. The van der Waals surface area contributed by atoms with E-state index in [0.717, 1.165) is 0 Å². The molecule has 2 heterocycles. The molecular formula is C5H4N4O. The van der Waals surface area contributed by atoms with Gasteiger partial charge in [-0.3, -0.25) is 0 Å². The first-order valence-electron chi connectivity index (χ1n) is 2.73. The van der Waals surface area contributed by atoms with E-state index in [2.05, 4.69) is 15.5 Å². The highest BCUT2D eigenvalue weighted by Crippen LogP contribution is 2.07. The Kier molecular flexibility index (Phi) is 0.858. The van der Waals surface area contributed by atoms with E-state index in [-0.39, 0.29) is 5.75 Å². The number of hydrogen-bond acceptors (Lipinski definition) is 4. The van der Waals surface area contributed by atoms with Gasteiger partial charge in [0.15, 0.2) is 5.65 Å². The molecule has 50 valence electrons. The lowest BCUT2D eigenvalue weighted by atomic mass is 10.4. The van der Waals surface area contributed by atoms with Gasteiger partial charge in [-0.1, -0.05) is 0 Å². The molecule has 0 fully saturated rings. The molecule has 2 aromatic heterocycles. The lowest BCUT2D eigenvalue weighted by Gasteiger charge is -1.88. The molecule has 0 atom stereocenters. The van der Waals surface area contributed by atoms with Crippen LogP contribution in [-0.2, 0) is 0 Å². The molecule has 0 bridgehead atoms. The summed E-state index contributed by atoms with van der Waals surface area (Å²) in [6, 6.07) is 3.00. The predicted octanol–water partition coefficient (Wildman–Crippen LogP) is -0.170. The molecule has 1 N–H and O–H groups in total. The SMILES string of the molecule is Oc1ccn2nnnc2c1. The third-order valence-corrected chi connectivity index (χ3v) is 1.18. The summed E-state index contributed by atoms with van der Waals surface area (Å²) in [6.07, 6.45) is 1.59. The summed E-state index contributed by atoms with van der Waals surface area (Å²) in [5.74, 6) is 0.169. The zero-order valence-electron chi connectivity index (χ0n) is 4.97. The van der Waals surface area contributed by atoms with Crippen molar-refractivity contribution in [2.75, 3.05) is 0 Å². The molecule has 0 aliphatic heterocycles. The van der Waals surface area contributed by atoms with Gasteiger partial charge in [0.05, 0.1) is 0 Å². The van der Waals surface area contributed by atoms with Crippen molar-refractivity contribution in [2.45, 2.75) is 0 Å². The van der Waals surface area contributed by atoms with Crippen LogP contribution >= 0.6 is 0 Å². The number of aromatic nitrogens is 4. The van der Waals surface area contributed by atoms with Crippen LogP contribution in [0.1, 0.15) is 0 Å². The second-order valence-corrected chi connectivity index (χ2v) is 1.87. The molecule has 2 rings (SSSR count). The topological polar surface area (TPSA) is 63.3 Å². The number of fused-ring (bicyclic) bond motifs is 1. The van der Waals surface area contributed by atoms with Crippen LogP contribution in [-0.4, -0.2) is 25.1 Å². The molecular weight excluding hydrogens is 132 g/mol. The fourth-order valence-electron chi connectivity index (χ4n) is 0.729. The number of hydrogen-bond donors (Lipinski definition) is 1. The van der Waals surface area contributed by atoms with Gasteiger partial charge in [-0.2, -0.15) is 0 Å². The third kappa shape index (κ3) is 0.604. The Morgan fingerprint density at radius 1 is 1.50 bits per heavy atom. The van der Waals surface area contributed by atoms with Crippen LogP contribution in [0.5, 0.6) is 5.75 Å². The maximum absolute atomic E-state index is 8.94. The summed E-state index contributed by atoms with van der Waals surface area (Å²) in [4.78, 5) is 0. The van der Waals surface area contributed by atoms with Crippen molar-refractivity contribution in [2.24, 2.45) is 0 Å². The van der Waals surface area contributed by atoms with Crippen LogP contribution in [0.4, 0.5) is 0 Å². The van der Waals surface area contributed by atoms with Gasteiger partial charge in [0.25, 0.3) is 0 Å². The molecule has 2 aromatic rings. The van der Waals surface area contributed by atoms with Gasteiger partial charge in [0, 0.05) is 12.3 Å². The van der Waals surface area contributed by atoms with E-state index in [9.17, 15) is 0 Å². The summed E-state index contributed by atoms with van der Waals surface area (Å²) < 4.78 is 1.47. The number of rotatable bonds is 0. The molecule has 5 nitrogen and oxygen atoms in total. The highest BCUT2D eigenvalue weighted by molar-refractivity contribution is 5.40. The summed E-state index contributed by atoms with van der Waals surface area (Å²) >= 11 is 0. The van der Waals surface area contributed by atoms with E-state index in [4.69, 9.17) is 5.11 Å². The van der Waals surface area contributed by atoms with Crippen LogP contribution < -0.4 is 0 Å². The quantitative estimate of drug-likeness (QED) is 0.546. The van der Waals surface area contributed by atoms with Gasteiger partial charge < -0.3 is 5.11 Å². The minimum absolute atomic E-state index is 0.169. The number of pyridine rings is 1. The van der Waals surface area contributed by atoms with Gasteiger partial charge in [-0.15, -0.1) is 5.10 Å². The Hall–Kier alpha value is -1.65. The van der Waals surface area contributed by atoms with E-state index in [1.165, 1.54) is 16.6 Å². The third-order valence-electron chi connectivity index (χ3n) is 1.18. The average Bonchev–Trinajstić information content (AvgIpc) is 2.33. The van der Waals surface area contributed by atoms with Crippen molar-refractivity contribution in [1.29, 1.82) is 0 Å². The first-order valence-corrected chi connectivity index (χ1v) is 2.73. The summed E-state index contributed by atoms with van der Waals surface area (Å²) in [5.41, 5.74) is 0.542. The fourth-order valence-corrected chi connectivity index (χ4v) is 0.729. The van der Waals surface area contributed by atoms with E-state index < -0.39 is 0 Å². The second kappa shape index (κ2) is 1.66. The molecule has 0 aliphatic rings. The van der Waals surface area contributed by atoms with E-state index in [1.54, 1.807) is 6.20 Å². The standard InChI is InChI=1S/C5H4N4O/c10-4-1-2-9-5(3-4)6-7-8-9/h1-3,10H. The van der Waals surface area contributed by atoms with Crippen LogP contribution in [0.3, 0.4) is 0 Å². The zero-order chi connectivity index (χ0) is 6.97. The Morgan fingerprint density at radius 3 is 3.30 bits per heavy atom. The first kappa shape index (κ1) is 5.16. The maximum atomic E-state index is 8.94. The highest BCUT2D eigenvalue weighted by atomic mass is 16.3. The number of nitrogens with zero attached hydrogens (tertiary/aromatic N) is 4. The Labute approximate surface area is 55.9 Å². The molecule has 0 spiro atoms. The molecule has 0 saturated carbocycles. The van der Waals surface area contributed by atoms with Crippen LogP contribution in [0, 0.1) is 0 Å². The Balaban J connectivity index is 2.86. The molecule has 5 heteroatoms. The van der Waals surface area contributed by atoms with Gasteiger partial charge in [0.2, 0.25) is 0 Å². The largest absolute Gasteiger partial charge is 0.508 e. The maximum Gasteiger partial charge on any atom is 0.182 e. The average molecular weight is 136 g/mol. The van der Waals surface area contributed by atoms with Crippen molar-refractivity contribution >= 4 is 5.65 Å². The van der Waals surface area contributed by atoms with Crippen LogP contribution in [0.2, 0.25) is 0 Å². The summed E-state index contributed by atoms with van der Waals surface area (Å²) in [6.45, 7) is 0. The van der Waals surface area contributed by atoms with E-state index >= 15 is 0 Å². The van der Waals surface area contributed by atoms with Crippen molar-refractivity contribution in [3.63, 3.8) is 0 Å². The van der Waals surface area contributed by atoms with Gasteiger partial charge in [-0.05, 0) is 16.5 Å². The highest BCUT2D eigenvalue weighted by Gasteiger charge is 1.94. The predicted molar refractivity (Wildman–Crippen MR) is 32.4 cm³/mol. The molecule has 0 aliphatic carbocycles. The van der Waals surface area contributed by atoms with E-state index in [1.807, 2.05) is 0 Å². The van der Waals surface area contributed by atoms with Crippen molar-refractivity contribution in [1.82, 2.24) is 20.0 Å². The second-order valence-electron chi connectivity index (χ2n) is 1.87. The Bertz CT molecular complexity index is 355. The lowest BCUT2D eigenvalue weighted by Crippen LogP contribution is -1.84. The normalized spacial score (nSPS) is 10.4. The number of aromatic hydroxyl groups is 1. The van der Waals surface area contributed by atoms with Gasteiger partial charge in [0.1, 0.15) is 5.75 Å². The molecule has 0 amide bonds. The van der Waals surface area contributed by atoms with Crippen molar-refractivity contribution in [3.05, 3.63) is 18.3 Å². The van der Waals surface area contributed by atoms with Gasteiger partial charge >= 0.3 is 0 Å². The monoisotopic (exact) mass is 136 g/mol. The molecule has 0 radical (unpaired) electrons. The first-order chi connectivity index (χ1) is 4.86. The molecule has 0 unspecified atom stereocenters. The lowest BCUT2D eigenvalue weighted by molar-refractivity contribution is 0.474. The van der Waals surface area contributed by atoms with Crippen molar-refractivity contribution in [3.8, 4) is 5.75 Å². The zero-order valence-corrected chi connectivity index (χ0v) is 4.97. The minimum atomic E-state index is 0.169. The molecule has 0 aromatic carbocycles. The van der Waals surface area contributed by atoms with E-state index in [0.29, 0.717) is 5.65 Å². The minimum Gasteiger partial charge on any atom is -0.508 e. The fraction of sp³-hybridized carbons (Fsp3) is 0. The van der Waals surface area contributed by atoms with Gasteiger partial charge in [-0.25, -0.2) is 4.52 Å². The van der Waals surface area contributed by atoms with Crippen LogP contribution in [0.25, 0.3) is 5.65 Å². The number of tetrazole rings is 1.